The molecule has 0 aliphatic heterocycles. The van der Waals surface area contributed by atoms with E-state index in [9.17, 15) is 0 Å². The van der Waals surface area contributed by atoms with Gasteiger partial charge in [0.1, 0.15) is 0 Å². The molecule has 41 heavy (non-hydrogen) atoms. The molecule has 0 amide bonds. The van der Waals surface area contributed by atoms with Gasteiger partial charge in [-0.25, -0.2) is 9.97 Å². The summed E-state index contributed by atoms with van der Waals surface area (Å²) in [5, 5.41) is 3.58. The minimum Gasteiger partial charge on any atom is -0.309 e. The van der Waals surface area contributed by atoms with Gasteiger partial charge in [-0.3, -0.25) is 0 Å². The van der Waals surface area contributed by atoms with E-state index in [2.05, 4.69) is 149 Å². The molecule has 2 heterocycles. The van der Waals surface area contributed by atoms with Crippen LogP contribution in [0.5, 0.6) is 0 Å². The Bertz CT molecular complexity index is 2120. The van der Waals surface area contributed by atoms with Crippen LogP contribution in [0.15, 0.2) is 152 Å². The number of nitrogens with zero attached hydrogens (tertiary/aromatic N) is 3. The largest absolute Gasteiger partial charge is 0.309 e. The van der Waals surface area contributed by atoms with Crippen molar-refractivity contribution in [1.82, 2.24) is 14.5 Å². The summed E-state index contributed by atoms with van der Waals surface area (Å²) < 4.78 is 2.35. The zero-order valence-corrected chi connectivity index (χ0v) is 22.3. The standard InChI is InChI=1S/C38H25N3/c1-2-8-26(9-3-1)30-18-19-31-25-39-38(40-35(31)24-30)29-16-14-27(15-17-29)28-20-22-32(23-21-28)41-36-12-6-4-10-33(36)34-11-5-7-13-37(34)41/h1-25H. The molecule has 2 aromatic heterocycles. The fourth-order valence-electron chi connectivity index (χ4n) is 5.79. The summed E-state index contributed by atoms with van der Waals surface area (Å²) in [6, 6.07) is 51.3. The Kier molecular flexibility index (Phi) is 5.46. The zero-order chi connectivity index (χ0) is 27.2. The average molecular weight is 524 g/mol. The van der Waals surface area contributed by atoms with Crippen LogP contribution < -0.4 is 0 Å². The van der Waals surface area contributed by atoms with Gasteiger partial charge in [0.25, 0.3) is 0 Å². The van der Waals surface area contributed by atoms with Crippen LogP contribution in [0.25, 0.3) is 72.0 Å². The van der Waals surface area contributed by atoms with Gasteiger partial charge in [-0.15, -0.1) is 0 Å². The molecule has 0 N–H and O–H groups in total. The Morgan fingerprint density at radius 1 is 0.439 bits per heavy atom. The summed E-state index contributed by atoms with van der Waals surface area (Å²) in [5.74, 6) is 0.732. The van der Waals surface area contributed by atoms with E-state index >= 15 is 0 Å². The molecule has 0 aliphatic rings. The molecule has 3 heteroatoms. The quantitative estimate of drug-likeness (QED) is 0.230. The van der Waals surface area contributed by atoms with Crippen molar-refractivity contribution in [3.05, 3.63) is 152 Å². The number of rotatable bonds is 4. The van der Waals surface area contributed by atoms with E-state index in [1.54, 1.807) is 0 Å². The molecule has 0 unspecified atom stereocenters. The molecule has 8 aromatic rings. The van der Waals surface area contributed by atoms with Crippen LogP contribution in [0.4, 0.5) is 0 Å². The van der Waals surface area contributed by atoms with E-state index < -0.39 is 0 Å². The summed E-state index contributed by atoms with van der Waals surface area (Å²) in [6.45, 7) is 0. The molecule has 3 nitrogen and oxygen atoms in total. The Morgan fingerprint density at radius 3 is 1.66 bits per heavy atom. The highest BCUT2D eigenvalue weighted by Gasteiger charge is 2.12. The Labute approximate surface area is 238 Å². The summed E-state index contributed by atoms with van der Waals surface area (Å²) in [6.07, 6.45) is 1.91. The van der Waals surface area contributed by atoms with Gasteiger partial charge in [0.2, 0.25) is 0 Å². The first kappa shape index (κ1) is 23.4. The van der Waals surface area contributed by atoms with Crippen molar-refractivity contribution < 1.29 is 0 Å². The van der Waals surface area contributed by atoms with Crippen molar-refractivity contribution >= 4 is 32.7 Å². The van der Waals surface area contributed by atoms with Crippen molar-refractivity contribution in [2.75, 3.05) is 0 Å². The van der Waals surface area contributed by atoms with Gasteiger partial charge in [-0.2, -0.15) is 0 Å². The minimum absolute atomic E-state index is 0.732. The van der Waals surface area contributed by atoms with Crippen molar-refractivity contribution in [2.24, 2.45) is 0 Å². The molecular formula is C38H25N3. The monoisotopic (exact) mass is 523 g/mol. The first-order valence-corrected chi connectivity index (χ1v) is 13.8. The molecule has 0 saturated carbocycles. The predicted octanol–water partition coefficient (Wildman–Crippen LogP) is 9.73. The number of hydrogen-bond acceptors (Lipinski definition) is 2. The van der Waals surface area contributed by atoms with E-state index in [1.165, 1.54) is 32.9 Å². The SMILES string of the molecule is c1ccc(-c2ccc3cnc(-c4ccc(-c5ccc(-n6c7ccccc7c7ccccc76)cc5)cc4)nc3c2)cc1. The molecule has 0 saturated heterocycles. The van der Waals surface area contributed by atoms with Crippen molar-refractivity contribution in [2.45, 2.75) is 0 Å². The molecule has 0 bridgehead atoms. The maximum absolute atomic E-state index is 4.91. The van der Waals surface area contributed by atoms with Gasteiger partial charge in [-0.1, -0.05) is 115 Å². The number of aromatic nitrogens is 3. The van der Waals surface area contributed by atoms with Crippen LogP contribution in [-0.4, -0.2) is 14.5 Å². The number of benzene rings is 6. The van der Waals surface area contributed by atoms with Crippen molar-refractivity contribution in [3.63, 3.8) is 0 Å². The zero-order valence-electron chi connectivity index (χ0n) is 22.3. The highest BCUT2D eigenvalue weighted by Crippen LogP contribution is 2.33. The van der Waals surface area contributed by atoms with Gasteiger partial charge < -0.3 is 4.57 Å². The predicted molar refractivity (Wildman–Crippen MR) is 170 cm³/mol. The summed E-state index contributed by atoms with van der Waals surface area (Å²) in [5.41, 5.74) is 10.2. The second-order valence-electron chi connectivity index (χ2n) is 10.3. The van der Waals surface area contributed by atoms with E-state index in [-0.39, 0.29) is 0 Å². The lowest BCUT2D eigenvalue weighted by atomic mass is 10.0. The van der Waals surface area contributed by atoms with Crippen LogP contribution in [0.3, 0.4) is 0 Å². The first-order valence-electron chi connectivity index (χ1n) is 13.8. The van der Waals surface area contributed by atoms with Crippen LogP contribution in [0, 0.1) is 0 Å². The fourth-order valence-corrected chi connectivity index (χ4v) is 5.79. The Morgan fingerprint density at radius 2 is 0.976 bits per heavy atom. The lowest BCUT2D eigenvalue weighted by Crippen LogP contribution is -1.93. The molecule has 0 aliphatic carbocycles. The maximum Gasteiger partial charge on any atom is 0.159 e. The molecule has 0 radical (unpaired) electrons. The van der Waals surface area contributed by atoms with E-state index in [4.69, 9.17) is 4.98 Å². The topological polar surface area (TPSA) is 30.7 Å². The van der Waals surface area contributed by atoms with E-state index in [0.717, 1.165) is 39.1 Å². The highest BCUT2D eigenvalue weighted by atomic mass is 15.0. The summed E-state index contributed by atoms with van der Waals surface area (Å²) in [7, 11) is 0. The Balaban J connectivity index is 1.11. The van der Waals surface area contributed by atoms with Crippen LogP contribution in [0.1, 0.15) is 0 Å². The van der Waals surface area contributed by atoms with Gasteiger partial charge in [0, 0.05) is 33.6 Å². The van der Waals surface area contributed by atoms with Crippen LogP contribution >= 0.6 is 0 Å². The average Bonchev–Trinajstić information content (AvgIpc) is 3.39. The second-order valence-corrected chi connectivity index (χ2v) is 10.3. The van der Waals surface area contributed by atoms with Crippen LogP contribution in [0.2, 0.25) is 0 Å². The van der Waals surface area contributed by atoms with E-state index in [0.29, 0.717) is 0 Å². The maximum atomic E-state index is 4.91. The smallest absolute Gasteiger partial charge is 0.159 e. The van der Waals surface area contributed by atoms with Crippen molar-refractivity contribution in [1.29, 1.82) is 0 Å². The minimum atomic E-state index is 0.732. The van der Waals surface area contributed by atoms with Crippen LogP contribution in [-0.2, 0) is 0 Å². The van der Waals surface area contributed by atoms with Gasteiger partial charge >= 0.3 is 0 Å². The molecule has 0 atom stereocenters. The third kappa shape index (κ3) is 4.07. The van der Waals surface area contributed by atoms with Gasteiger partial charge in [0.15, 0.2) is 5.82 Å². The lowest BCUT2D eigenvalue weighted by molar-refractivity contribution is 1.18. The molecule has 0 spiro atoms. The van der Waals surface area contributed by atoms with Crippen molar-refractivity contribution in [3.8, 4) is 39.3 Å². The number of fused-ring (bicyclic) bond motifs is 4. The second kappa shape index (κ2) is 9.58. The van der Waals surface area contributed by atoms with Gasteiger partial charge in [0.05, 0.1) is 16.6 Å². The summed E-state index contributed by atoms with van der Waals surface area (Å²) >= 11 is 0. The molecule has 192 valence electrons. The highest BCUT2D eigenvalue weighted by molar-refractivity contribution is 6.09. The Hall–Kier alpha value is -5.54. The summed E-state index contributed by atoms with van der Waals surface area (Å²) in [4.78, 5) is 9.57. The van der Waals surface area contributed by atoms with E-state index in [1.807, 2.05) is 12.3 Å². The fraction of sp³-hybridized carbons (Fsp3) is 0. The first-order chi connectivity index (χ1) is 20.3. The third-order valence-electron chi connectivity index (χ3n) is 7.87. The molecule has 6 aromatic carbocycles. The number of para-hydroxylation sites is 2. The molecule has 8 rings (SSSR count). The third-order valence-corrected chi connectivity index (χ3v) is 7.87. The number of hydrogen-bond donors (Lipinski definition) is 0. The van der Waals surface area contributed by atoms with Gasteiger partial charge in [-0.05, 0) is 52.6 Å². The molecular weight excluding hydrogens is 498 g/mol. The normalized spacial score (nSPS) is 11.4. The molecule has 0 fully saturated rings. The lowest BCUT2D eigenvalue weighted by Gasteiger charge is -2.10.